The fourth-order valence-corrected chi connectivity index (χ4v) is 4.98. The Labute approximate surface area is 103 Å². The lowest BCUT2D eigenvalue weighted by Gasteiger charge is -2.49. The van der Waals surface area contributed by atoms with Crippen LogP contribution in [0.15, 0.2) is 0 Å². The minimum atomic E-state index is 0.438. The zero-order chi connectivity index (χ0) is 11.6. The van der Waals surface area contributed by atoms with Gasteiger partial charge in [0.05, 0.1) is 12.6 Å². The van der Waals surface area contributed by atoms with Crippen molar-refractivity contribution in [3.8, 4) is 6.07 Å². The van der Waals surface area contributed by atoms with Crippen molar-refractivity contribution in [2.24, 2.45) is 5.41 Å². The van der Waals surface area contributed by atoms with Crippen molar-refractivity contribution in [3.63, 3.8) is 0 Å². The van der Waals surface area contributed by atoms with Gasteiger partial charge in [-0.1, -0.05) is 13.8 Å². The number of piperidine rings is 1. The molecular weight excluding hydrogens is 216 g/mol. The predicted octanol–water partition coefficient (Wildman–Crippen LogP) is 2.90. The molecule has 1 spiro atoms. The summed E-state index contributed by atoms with van der Waals surface area (Å²) < 4.78 is 0.438. The maximum atomic E-state index is 8.81. The van der Waals surface area contributed by atoms with Gasteiger partial charge >= 0.3 is 0 Å². The van der Waals surface area contributed by atoms with E-state index in [4.69, 9.17) is 5.26 Å². The van der Waals surface area contributed by atoms with Crippen LogP contribution in [-0.2, 0) is 0 Å². The van der Waals surface area contributed by atoms with Gasteiger partial charge in [-0.3, -0.25) is 4.90 Å². The molecule has 3 heteroatoms. The topological polar surface area (TPSA) is 27.0 Å². The maximum Gasteiger partial charge on any atom is 0.0866 e. The Morgan fingerprint density at radius 1 is 1.38 bits per heavy atom. The van der Waals surface area contributed by atoms with Crippen LogP contribution in [0.1, 0.15) is 39.5 Å². The van der Waals surface area contributed by atoms with E-state index in [0.29, 0.717) is 16.7 Å². The van der Waals surface area contributed by atoms with Crippen LogP contribution >= 0.6 is 11.8 Å². The zero-order valence-corrected chi connectivity index (χ0v) is 11.3. The molecule has 16 heavy (non-hydrogen) atoms. The number of nitriles is 1. The number of likely N-dealkylation sites (tertiary alicyclic amines) is 1. The Hall–Kier alpha value is -0.200. The first kappa shape index (κ1) is 12.3. The molecule has 0 saturated carbocycles. The van der Waals surface area contributed by atoms with Gasteiger partial charge in [0.1, 0.15) is 0 Å². The van der Waals surface area contributed by atoms with Crippen LogP contribution < -0.4 is 0 Å². The third-order valence-electron chi connectivity index (χ3n) is 3.96. The first-order valence-corrected chi connectivity index (χ1v) is 7.27. The molecule has 2 fully saturated rings. The molecule has 0 aromatic heterocycles. The van der Waals surface area contributed by atoms with Gasteiger partial charge in [-0.05, 0) is 43.4 Å². The van der Waals surface area contributed by atoms with E-state index < -0.39 is 0 Å². The Morgan fingerprint density at radius 3 is 2.88 bits per heavy atom. The lowest BCUT2D eigenvalue weighted by molar-refractivity contribution is 0.0749. The maximum absolute atomic E-state index is 8.81. The van der Waals surface area contributed by atoms with Gasteiger partial charge in [0, 0.05) is 11.3 Å². The standard InChI is InChI=1S/C13H22N2S/c1-12(2)10-13(5-9-16-12)4-3-7-15(11-13)8-6-14/h3-5,7-11H2,1-2H3/t13-/m1/s1. The first-order valence-electron chi connectivity index (χ1n) is 6.29. The minimum absolute atomic E-state index is 0.438. The second kappa shape index (κ2) is 4.58. The molecule has 1 atom stereocenters. The van der Waals surface area contributed by atoms with Crippen LogP contribution in [0.3, 0.4) is 0 Å². The number of thioether (sulfide) groups is 1. The van der Waals surface area contributed by atoms with Gasteiger partial charge in [-0.15, -0.1) is 0 Å². The van der Waals surface area contributed by atoms with Crippen molar-refractivity contribution in [2.45, 2.75) is 44.3 Å². The molecule has 2 aliphatic rings. The fraction of sp³-hybridized carbons (Fsp3) is 0.923. The van der Waals surface area contributed by atoms with Gasteiger partial charge < -0.3 is 0 Å². The van der Waals surface area contributed by atoms with Crippen molar-refractivity contribution in [1.82, 2.24) is 4.90 Å². The monoisotopic (exact) mass is 238 g/mol. The summed E-state index contributed by atoms with van der Waals surface area (Å²) in [5.74, 6) is 1.30. The molecule has 0 radical (unpaired) electrons. The Bertz CT molecular complexity index is 291. The molecule has 0 aliphatic carbocycles. The van der Waals surface area contributed by atoms with Crippen molar-refractivity contribution >= 4 is 11.8 Å². The second-order valence-corrected chi connectivity index (χ2v) is 7.81. The average Bonchev–Trinajstić information content (AvgIpc) is 2.16. The quantitative estimate of drug-likeness (QED) is 0.657. The molecule has 0 amide bonds. The lowest BCUT2D eigenvalue weighted by atomic mass is 9.71. The van der Waals surface area contributed by atoms with Crippen molar-refractivity contribution in [1.29, 1.82) is 5.26 Å². The molecule has 2 nitrogen and oxygen atoms in total. The van der Waals surface area contributed by atoms with E-state index in [-0.39, 0.29) is 0 Å². The molecule has 2 aliphatic heterocycles. The average molecular weight is 238 g/mol. The van der Waals surface area contributed by atoms with E-state index in [0.717, 1.165) is 13.1 Å². The van der Waals surface area contributed by atoms with Gasteiger partial charge in [0.15, 0.2) is 0 Å². The molecule has 2 saturated heterocycles. The highest BCUT2D eigenvalue weighted by Gasteiger charge is 2.42. The van der Waals surface area contributed by atoms with Crippen LogP contribution in [-0.4, -0.2) is 35.0 Å². The molecule has 2 rings (SSSR count). The van der Waals surface area contributed by atoms with E-state index in [1.807, 2.05) is 0 Å². The van der Waals surface area contributed by atoms with Crippen molar-refractivity contribution in [3.05, 3.63) is 0 Å². The van der Waals surface area contributed by atoms with Crippen LogP contribution in [0, 0.1) is 16.7 Å². The molecule has 0 aromatic rings. The fourth-order valence-electron chi connectivity index (χ4n) is 3.48. The molecule has 2 heterocycles. The summed E-state index contributed by atoms with van der Waals surface area (Å²) in [4.78, 5) is 2.36. The van der Waals surface area contributed by atoms with Gasteiger partial charge in [-0.2, -0.15) is 17.0 Å². The summed E-state index contributed by atoms with van der Waals surface area (Å²) in [5, 5.41) is 8.81. The second-order valence-electron chi connectivity index (χ2n) is 6.01. The van der Waals surface area contributed by atoms with Crippen LogP contribution in [0.5, 0.6) is 0 Å². The molecule has 0 bridgehead atoms. The summed E-state index contributed by atoms with van der Waals surface area (Å²) in [5.41, 5.74) is 0.518. The van der Waals surface area contributed by atoms with E-state index in [1.54, 1.807) is 0 Å². The molecule has 90 valence electrons. The lowest BCUT2D eigenvalue weighted by Crippen LogP contribution is -2.48. The number of nitrogens with zero attached hydrogens (tertiary/aromatic N) is 2. The number of hydrogen-bond donors (Lipinski definition) is 0. The molecule has 0 unspecified atom stereocenters. The summed E-state index contributed by atoms with van der Waals surface area (Å²) in [6, 6.07) is 2.30. The number of hydrogen-bond acceptors (Lipinski definition) is 3. The largest absolute Gasteiger partial charge is 0.290 e. The van der Waals surface area contributed by atoms with Crippen LogP contribution in [0.4, 0.5) is 0 Å². The van der Waals surface area contributed by atoms with E-state index in [1.165, 1.54) is 31.4 Å². The normalized spacial score (nSPS) is 34.8. The third-order valence-corrected chi connectivity index (χ3v) is 5.29. The Morgan fingerprint density at radius 2 is 2.19 bits per heavy atom. The van der Waals surface area contributed by atoms with Gasteiger partial charge in [0.2, 0.25) is 0 Å². The Balaban J connectivity index is 2.04. The van der Waals surface area contributed by atoms with Crippen molar-refractivity contribution < 1.29 is 0 Å². The smallest absolute Gasteiger partial charge is 0.0866 e. The predicted molar refractivity (Wildman–Crippen MR) is 69.5 cm³/mol. The minimum Gasteiger partial charge on any atom is -0.290 e. The zero-order valence-electron chi connectivity index (χ0n) is 10.5. The van der Waals surface area contributed by atoms with Crippen molar-refractivity contribution in [2.75, 3.05) is 25.4 Å². The van der Waals surface area contributed by atoms with E-state index >= 15 is 0 Å². The highest BCUT2D eigenvalue weighted by molar-refractivity contribution is 8.00. The van der Waals surface area contributed by atoms with Gasteiger partial charge in [-0.25, -0.2) is 0 Å². The summed E-state index contributed by atoms with van der Waals surface area (Å²) in [6.07, 6.45) is 5.33. The molecular formula is C13H22N2S. The SMILES string of the molecule is CC1(C)C[C@@]2(CCCN(CC#N)C2)CCS1. The van der Waals surface area contributed by atoms with Gasteiger partial charge in [0.25, 0.3) is 0 Å². The molecule has 0 aromatic carbocycles. The highest BCUT2D eigenvalue weighted by atomic mass is 32.2. The highest BCUT2D eigenvalue weighted by Crippen LogP contribution is 2.49. The first-order chi connectivity index (χ1) is 7.55. The molecule has 0 N–H and O–H groups in total. The third kappa shape index (κ3) is 2.73. The summed E-state index contributed by atoms with van der Waals surface area (Å²) >= 11 is 2.12. The van der Waals surface area contributed by atoms with Crippen LogP contribution in [0.25, 0.3) is 0 Å². The summed E-state index contributed by atoms with van der Waals surface area (Å²) in [6.45, 7) is 7.66. The van der Waals surface area contributed by atoms with E-state index in [9.17, 15) is 0 Å². The van der Waals surface area contributed by atoms with Crippen LogP contribution in [0.2, 0.25) is 0 Å². The Kier molecular flexibility index (Phi) is 3.51. The summed E-state index contributed by atoms with van der Waals surface area (Å²) in [7, 11) is 0. The number of rotatable bonds is 1. The van der Waals surface area contributed by atoms with E-state index in [2.05, 4.69) is 36.6 Å².